The molecule has 4 rings (SSSR count). The van der Waals surface area contributed by atoms with Crippen LogP contribution >= 0.6 is 0 Å². The van der Waals surface area contributed by atoms with Crippen LogP contribution in [0.3, 0.4) is 0 Å². The Morgan fingerprint density at radius 2 is 1.94 bits per heavy atom. The molecule has 3 aliphatic heterocycles. The van der Waals surface area contributed by atoms with E-state index >= 15 is 0 Å². The molecule has 92 valence electrons. The third-order valence-corrected chi connectivity index (χ3v) is 3.64. The molecule has 0 amide bonds. The molecule has 1 aromatic rings. The van der Waals surface area contributed by atoms with Crippen molar-refractivity contribution in [2.45, 2.75) is 13.0 Å². The summed E-state index contributed by atoms with van der Waals surface area (Å²) in [5.74, 6) is 0.126. The van der Waals surface area contributed by atoms with Gasteiger partial charge in [0.1, 0.15) is 5.82 Å². The molecule has 5 nitrogen and oxygen atoms in total. The van der Waals surface area contributed by atoms with Crippen LogP contribution in [0.2, 0.25) is 0 Å². The van der Waals surface area contributed by atoms with Gasteiger partial charge < -0.3 is 5.73 Å². The standard InChI is InChI=1S/C11H16FN5/c1-7-9(12)10(13)15-11(14-7)8-6-16-2-4-17(8)5-3-16/h8H,2-6H2,1H3,(H2,13,14,15). The molecular formula is C11H16FN5. The van der Waals surface area contributed by atoms with Crippen LogP contribution < -0.4 is 5.73 Å². The molecule has 0 aromatic carbocycles. The Morgan fingerprint density at radius 1 is 1.24 bits per heavy atom. The molecule has 0 aliphatic carbocycles. The molecule has 17 heavy (non-hydrogen) atoms. The predicted molar refractivity (Wildman–Crippen MR) is 61.9 cm³/mol. The lowest BCUT2D eigenvalue weighted by Gasteiger charge is -2.46. The number of rotatable bonds is 1. The number of nitrogens with two attached hydrogens (primary N) is 1. The van der Waals surface area contributed by atoms with E-state index < -0.39 is 5.82 Å². The van der Waals surface area contributed by atoms with Crippen molar-refractivity contribution >= 4 is 5.82 Å². The normalized spacial score (nSPS) is 31.8. The number of hydrogen-bond acceptors (Lipinski definition) is 5. The fourth-order valence-corrected chi connectivity index (χ4v) is 2.62. The van der Waals surface area contributed by atoms with Gasteiger partial charge in [0.15, 0.2) is 11.6 Å². The Labute approximate surface area is 99.4 Å². The highest BCUT2D eigenvalue weighted by Gasteiger charge is 2.34. The summed E-state index contributed by atoms with van der Waals surface area (Å²) in [6, 6.07) is 0.166. The largest absolute Gasteiger partial charge is 0.381 e. The average Bonchev–Trinajstić information content (AvgIpc) is 2.36. The molecule has 6 heteroatoms. The molecule has 1 atom stereocenters. The summed E-state index contributed by atoms with van der Waals surface area (Å²) in [7, 11) is 0. The molecular weight excluding hydrogens is 221 g/mol. The van der Waals surface area contributed by atoms with Gasteiger partial charge >= 0.3 is 0 Å². The Hall–Kier alpha value is -1.27. The zero-order valence-electron chi connectivity index (χ0n) is 9.86. The number of aryl methyl sites for hydroxylation is 1. The summed E-state index contributed by atoms with van der Waals surface area (Å²) in [5.41, 5.74) is 5.91. The van der Waals surface area contributed by atoms with Crippen molar-refractivity contribution in [3.63, 3.8) is 0 Å². The number of halogens is 1. The zero-order chi connectivity index (χ0) is 12.0. The van der Waals surface area contributed by atoms with Gasteiger partial charge in [-0.1, -0.05) is 0 Å². The van der Waals surface area contributed by atoms with Gasteiger partial charge in [0.05, 0.1) is 11.7 Å². The van der Waals surface area contributed by atoms with Crippen LogP contribution in [0, 0.1) is 12.7 Å². The first kappa shape index (κ1) is 10.9. The molecule has 1 aromatic heterocycles. The van der Waals surface area contributed by atoms with Gasteiger partial charge in [-0.15, -0.1) is 0 Å². The van der Waals surface area contributed by atoms with Gasteiger partial charge in [0.2, 0.25) is 0 Å². The molecule has 2 bridgehead atoms. The van der Waals surface area contributed by atoms with E-state index in [1.807, 2.05) is 0 Å². The monoisotopic (exact) mass is 237 g/mol. The Kier molecular flexibility index (Phi) is 2.48. The van der Waals surface area contributed by atoms with Crippen LogP contribution in [0.1, 0.15) is 17.6 Å². The van der Waals surface area contributed by atoms with Crippen molar-refractivity contribution in [3.8, 4) is 0 Å². The van der Waals surface area contributed by atoms with E-state index in [1.54, 1.807) is 6.92 Å². The van der Waals surface area contributed by atoms with E-state index in [1.165, 1.54) is 0 Å². The summed E-state index contributed by atoms with van der Waals surface area (Å²) in [6.07, 6.45) is 0. The highest BCUT2D eigenvalue weighted by Crippen LogP contribution is 2.27. The van der Waals surface area contributed by atoms with Crippen LogP contribution in [-0.4, -0.2) is 52.5 Å². The van der Waals surface area contributed by atoms with Crippen LogP contribution in [-0.2, 0) is 0 Å². The van der Waals surface area contributed by atoms with Gasteiger partial charge in [-0.05, 0) is 6.92 Å². The number of aromatic nitrogens is 2. The highest BCUT2D eigenvalue weighted by atomic mass is 19.1. The summed E-state index contributed by atoms with van der Waals surface area (Å²) in [4.78, 5) is 13.1. The Balaban J connectivity index is 1.94. The lowest BCUT2D eigenvalue weighted by atomic mass is 10.1. The fourth-order valence-electron chi connectivity index (χ4n) is 2.62. The van der Waals surface area contributed by atoms with E-state index in [0.29, 0.717) is 11.5 Å². The quantitative estimate of drug-likeness (QED) is 0.755. The predicted octanol–water partition coefficient (Wildman–Crippen LogP) is 0.179. The smallest absolute Gasteiger partial charge is 0.186 e. The molecule has 3 fully saturated rings. The van der Waals surface area contributed by atoms with Crippen LogP contribution in [0.4, 0.5) is 10.2 Å². The van der Waals surface area contributed by atoms with Gasteiger partial charge in [-0.25, -0.2) is 14.4 Å². The second-order valence-electron chi connectivity index (χ2n) is 4.72. The maximum atomic E-state index is 13.4. The van der Waals surface area contributed by atoms with Crippen LogP contribution in [0.25, 0.3) is 0 Å². The number of hydrogen-bond donors (Lipinski definition) is 1. The minimum absolute atomic E-state index is 0.0369. The van der Waals surface area contributed by atoms with Gasteiger partial charge in [-0.2, -0.15) is 0 Å². The molecule has 3 aliphatic rings. The van der Waals surface area contributed by atoms with Crippen molar-refractivity contribution < 1.29 is 4.39 Å². The van der Waals surface area contributed by atoms with Crippen molar-refractivity contribution in [2.24, 2.45) is 0 Å². The number of piperazine rings is 3. The van der Waals surface area contributed by atoms with Crippen molar-refractivity contribution in [3.05, 3.63) is 17.3 Å². The molecule has 0 spiro atoms. The van der Waals surface area contributed by atoms with Gasteiger partial charge in [0.25, 0.3) is 0 Å². The lowest BCUT2D eigenvalue weighted by Crippen LogP contribution is -2.57. The highest BCUT2D eigenvalue weighted by molar-refractivity contribution is 5.32. The van der Waals surface area contributed by atoms with Crippen molar-refractivity contribution in [1.29, 1.82) is 0 Å². The zero-order valence-corrected chi connectivity index (χ0v) is 9.86. The van der Waals surface area contributed by atoms with E-state index in [2.05, 4.69) is 19.8 Å². The number of nitrogen functional groups attached to an aromatic ring is 1. The topological polar surface area (TPSA) is 58.3 Å². The first-order chi connectivity index (χ1) is 8.15. The van der Waals surface area contributed by atoms with E-state index in [9.17, 15) is 4.39 Å². The third kappa shape index (κ3) is 1.77. The van der Waals surface area contributed by atoms with E-state index in [4.69, 9.17) is 5.73 Å². The number of nitrogens with zero attached hydrogens (tertiary/aromatic N) is 4. The summed E-state index contributed by atoms with van der Waals surface area (Å²) < 4.78 is 13.4. The summed E-state index contributed by atoms with van der Waals surface area (Å²) in [6.45, 7) is 6.82. The Morgan fingerprint density at radius 3 is 2.47 bits per heavy atom. The minimum Gasteiger partial charge on any atom is -0.381 e. The molecule has 0 radical (unpaired) electrons. The number of anilines is 1. The second-order valence-corrected chi connectivity index (χ2v) is 4.72. The van der Waals surface area contributed by atoms with E-state index in [-0.39, 0.29) is 11.9 Å². The van der Waals surface area contributed by atoms with Crippen molar-refractivity contribution in [2.75, 3.05) is 38.5 Å². The summed E-state index contributed by atoms with van der Waals surface area (Å²) >= 11 is 0. The molecule has 4 heterocycles. The van der Waals surface area contributed by atoms with Gasteiger partial charge in [-0.3, -0.25) is 9.80 Å². The SMILES string of the molecule is Cc1nc(C2CN3CCN2CC3)nc(N)c1F. The Bertz CT molecular complexity index is 418. The molecule has 0 saturated carbocycles. The maximum absolute atomic E-state index is 13.4. The van der Waals surface area contributed by atoms with Crippen molar-refractivity contribution in [1.82, 2.24) is 19.8 Å². The third-order valence-electron chi connectivity index (χ3n) is 3.64. The summed E-state index contributed by atoms with van der Waals surface area (Å²) in [5, 5.41) is 0. The molecule has 1 unspecified atom stereocenters. The fraction of sp³-hybridized carbons (Fsp3) is 0.636. The maximum Gasteiger partial charge on any atom is 0.186 e. The lowest BCUT2D eigenvalue weighted by molar-refractivity contribution is 0.00857. The average molecular weight is 237 g/mol. The minimum atomic E-state index is -0.495. The first-order valence-electron chi connectivity index (χ1n) is 5.91. The molecule has 3 saturated heterocycles. The van der Waals surface area contributed by atoms with E-state index in [0.717, 1.165) is 32.7 Å². The van der Waals surface area contributed by atoms with Crippen LogP contribution in [0.15, 0.2) is 0 Å². The number of fused-ring (bicyclic) bond motifs is 3. The second kappa shape index (κ2) is 3.89. The molecule has 2 N–H and O–H groups in total. The van der Waals surface area contributed by atoms with Crippen LogP contribution in [0.5, 0.6) is 0 Å². The first-order valence-corrected chi connectivity index (χ1v) is 5.91. The van der Waals surface area contributed by atoms with Gasteiger partial charge in [0, 0.05) is 32.7 Å².